The SMILES string of the molecule is CCC(=O)OSc1cccc(C(c2ccccc2)c2ccccc2)c1. The molecule has 0 N–H and O–H groups in total. The average Bonchev–Trinajstić information content (AvgIpc) is 2.68. The van der Waals surface area contributed by atoms with Crippen LogP contribution >= 0.6 is 12.0 Å². The summed E-state index contributed by atoms with van der Waals surface area (Å²) in [6.45, 7) is 1.79. The standard InChI is InChI=1S/C22H20O2S/c1-2-21(23)24-25-20-15-9-14-19(16-20)22(17-10-5-3-6-11-17)18-12-7-4-8-13-18/h3-16,22H,2H2,1H3. The highest BCUT2D eigenvalue weighted by Gasteiger charge is 2.17. The molecule has 3 heteroatoms. The van der Waals surface area contributed by atoms with Crippen LogP contribution in [0.2, 0.25) is 0 Å². The van der Waals surface area contributed by atoms with Crippen LogP contribution in [0.1, 0.15) is 36.0 Å². The molecule has 0 unspecified atom stereocenters. The van der Waals surface area contributed by atoms with Crippen LogP contribution in [0.4, 0.5) is 0 Å². The van der Waals surface area contributed by atoms with Gasteiger partial charge in [-0.15, -0.1) is 0 Å². The van der Waals surface area contributed by atoms with Gasteiger partial charge in [0.2, 0.25) is 0 Å². The molecule has 3 aromatic rings. The third-order valence-corrected chi connectivity index (χ3v) is 4.69. The Morgan fingerprint density at radius 2 is 1.40 bits per heavy atom. The lowest BCUT2D eigenvalue weighted by molar-refractivity contribution is -0.132. The smallest absolute Gasteiger partial charge is 0.317 e. The normalized spacial score (nSPS) is 10.6. The van der Waals surface area contributed by atoms with Gasteiger partial charge in [0.25, 0.3) is 0 Å². The number of benzene rings is 3. The molecule has 0 spiro atoms. The molecule has 0 saturated heterocycles. The van der Waals surface area contributed by atoms with E-state index in [9.17, 15) is 4.79 Å². The molecule has 0 aliphatic rings. The molecule has 3 rings (SSSR count). The predicted molar refractivity (Wildman–Crippen MR) is 103 cm³/mol. The van der Waals surface area contributed by atoms with Crippen molar-refractivity contribution in [2.75, 3.05) is 0 Å². The summed E-state index contributed by atoms with van der Waals surface area (Å²) in [4.78, 5) is 12.3. The molecule has 0 fully saturated rings. The lowest BCUT2D eigenvalue weighted by Gasteiger charge is -2.19. The molecule has 25 heavy (non-hydrogen) atoms. The highest BCUT2D eigenvalue weighted by Crippen LogP contribution is 2.33. The average molecular weight is 348 g/mol. The maximum Gasteiger partial charge on any atom is 0.317 e. The van der Waals surface area contributed by atoms with Crippen molar-refractivity contribution in [1.29, 1.82) is 0 Å². The second-order valence-corrected chi connectivity index (χ2v) is 6.52. The quantitative estimate of drug-likeness (QED) is 0.414. The Morgan fingerprint density at radius 3 is 1.96 bits per heavy atom. The molecule has 3 aromatic carbocycles. The minimum atomic E-state index is -0.210. The Balaban J connectivity index is 1.95. The van der Waals surface area contributed by atoms with Gasteiger partial charge >= 0.3 is 5.97 Å². The van der Waals surface area contributed by atoms with Crippen LogP contribution in [0.25, 0.3) is 0 Å². The van der Waals surface area contributed by atoms with E-state index in [-0.39, 0.29) is 11.9 Å². The molecule has 0 aliphatic heterocycles. The Labute approximate surface area is 153 Å². The zero-order chi connectivity index (χ0) is 17.5. The van der Waals surface area contributed by atoms with Crippen LogP contribution in [0, 0.1) is 0 Å². The fraction of sp³-hybridized carbons (Fsp3) is 0.136. The first-order valence-corrected chi connectivity index (χ1v) is 9.09. The third kappa shape index (κ3) is 4.52. The molecule has 0 amide bonds. The monoisotopic (exact) mass is 348 g/mol. The van der Waals surface area contributed by atoms with Gasteiger partial charge in [0, 0.05) is 17.2 Å². The number of rotatable bonds is 6. The summed E-state index contributed by atoms with van der Waals surface area (Å²) in [5.74, 6) is -0.0668. The predicted octanol–water partition coefficient (Wildman–Crippen LogP) is 5.83. The maximum absolute atomic E-state index is 11.4. The first-order chi connectivity index (χ1) is 12.3. The van der Waals surface area contributed by atoms with Crippen LogP contribution in [0.3, 0.4) is 0 Å². The summed E-state index contributed by atoms with van der Waals surface area (Å²) in [5, 5.41) is 0. The molecule has 0 aromatic heterocycles. The van der Waals surface area contributed by atoms with E-state index in [1.165, 1.54) is 16.7 Å². The van der Waals surface area contributed by atoms with Gasteiger partial charge in [-0.1, -0.05) is 79.7 Å². The highest BCUT2D eigenvalue weighted by atomic mass is 32.2. The van der Waals surface area contributed by atoms with E-state index in [4.69, 9.17) is 4.18 Å². The van der Waals surface area contributed by atoms with Crippen molar-refractivity contribution in [3.05, 3.63) is 102 Å². The molecule has 0 saturated carbocycles. The van der Waals surface area contributed by atoms with E-state index in [1.807, 2.05) is 24.3 Å². The van der Waals surface area contributed by atoms with Crippen molar-refractivity contribution in [3.8, 4) is 0 Å². The second kappa shape index (κ2) is 8.54. The van der Waals surface area contributed by atoms with Crippen molar-refractivity contribution in [2.45, 2.75) is 24.2 Å². The van der Waals surface area contributed by atoms with Crippen LogP contribution in [-0.4, -0.2) is 5.97 Å². The Bertz CT molecular complexity index is 776. The Morgan fingerprint density at radius 1 is 0.840 bits per heavy atom. The van der Waals surface area contributed by atoms with Crippen LogP contribution < -0.4 is 0 Å². The highest BCUT2D eigenvalue weighted by molar-refractivity contribution is 7.95. The molecule has 0 bridgehead atoms. The minimum absolute atomic E-state index is 0.143. The van der Waals surface area contributed by atoms with E-state index in [0.29, 0.717) is 6.42 Å². The van der Waals surface area contributed by atoms with Crippen molar-refractivity contribution in [3.63, 3.8) is 0 Å². The summed E-state index contributed by atoms with van der Waals surface area (Å²) in [6.07, 6.45) is 0.378. The van der Waals surface area contributed by atoms with Crippen LogP contribution in [0.5, 0.6) is 0 Å². The van der Waals surface area contributed by atoms with Gasteiger partial charge in [-0.2, -0.15) is 0 Å². The summed E-state index contributed by atoms with van der Waals surface area (Å²) in [5.41, 5.74) is 3.65. The maximum atomic E-state index is 11.4. The summed E-state index contributed by atoms with van der Waals surface area (Å²) in [6, 6.07) is 29.1. The lowest BCUT2D eigenvalue weighted by Crippen LogP contribution is -2.03. The minimum Gasteiger partial charge on any atom is -0.386 e. The van der Waals surface area contributed by atoms with Gasteiger partial charge in [-0.25, -0.2) is 0 Å². The van der Waals surface area contributed by atoms with Crippen molar-refractivity contribution < 1.29 is 8.98 Å². The molecular formula is C22H20O2S. The zero-order valence-corrected chi connectivity index (χ0v) is 14.9. The lowest BCUT2D eigenvalue weighted by atomic mass is 9.85. The largest absolute Gasteiger partial charge is 0.386 e. The summed E-state index contributed by atoms with van der Waals surface area (Å²) < 4.78 is 5.20. The third-order valence-electron chi connectivity index (χ3n) is 3.98. The molecule has 0 atom stereocenters. The fourth-order valence-corrected chi connectivity index (χ4v) is 3.39. The molecule has 126 valence electrons. The second-order valence-electron chi connectivity index (χ2n) is 5.72. The molecule has 0 aliphatic carbocycles. The van der Waals surface area contributed by atoms with E-state index in [0.717, 1.165) is 16.9 Å². The fourth-order valence-electron chi connectivity index (χ4n) is 2.77. The first kappa shape index (κ1) is 17.3. The molecular weight excluding hydrogens is 328 g/mol. The van der Waals surface area contributed by atoms with Gasteiger partial charge in [-0.3, -0.25) is 4.79 Å². The number of carbonyl (C=O) groups is 1. The van der Waals surface area contributed by atoms with E-state index < -0.39 is 0 Å². The van der Waals surface area contributed by atoms with E-state index >= 15 is 0 Å². The van der Waals surface area contributed by atoms with Gasteiger partial charge in [0.05, 0.1) is 12.0 Å². The Kier molecular flexibility index (Phi) is 5.91. The van der Waals surface area contributed by atoms with E-state index in [2.05, 4.69) is 60.7 Å². The molecule has 0 radical (unpaired) electrons. The van der Waals surface area contributed by atoms with Crippen LogP contribution in [-0.2, 0) is 8.98 Å². The van der Waals surface area contributed by atoms with Gasteiger partial charge in [0.15, 0.2) is 0 Å². The number of carbonyl (C=O) groups excluding carboxylic acids is 1. The van der Waals surface area contributed by atoms with Gasteiger partial charge in [0.1, 0.15) is 0 Å². The summed E-state index contributed by atoms with van der Waals surface area (Å²) in [7, 11) is 0. The van der Waals surface area contributed by atoms with Gasteiger partial charge < -0.3 is 4.18 Å². The van der Waals surface area contributed by atoms with Gasteiger partial charge in [-0.05, 0) is 28.8 Å². The van der Waals surface area contributed by atoms with Crippen molar-refractivity contribution in [2.24, 2.45) is 0 Å². The topological polar surface area (TPSA) is 26.3 Å². The number of hydrogen-bond donors (Lipinski definition) is 0. The van der Waals surface area contributed by atoms with Crippen molar-refractivity contribution in [1.82, 2.24) is 0 Å². The van der Waals surface area contributed by atoms with Crippen molar-refractivity contribution >= 4 is 18.0 Å². The Hall–Kier alpha value is -2.52. The van der Waals surface area contributed by atoms with Crippen LogP contribution in [0.15, 0.2) is 89.8 Å². The zero-order valence-electron chi connectivity index (χ0n) is 14.1. The summed E-state index contributed by atoms with van der Waals surface area (Å²) >= 11 is 1.13. The van der Waals surface area contributed by atoms with E-state index in [1.54, 1.807) is 6.92 Å². The first-order valence-electron chi connectivity index (χ1n) is 8.35. The number of hydrogen-bond acceptors (Lipinski definition) is 3. The molecule has 2 nitrogen and oxygen atoms in total. The molecule has 0 heterocycles.